The third-order valence-corrected chi connectivity index (χ3v) is 1.55. The van der Waals surface area contributed by atoms with Crippen molar-refractivity contribution in [1.82, 2.24) is 0 Å². The maximum absolute atomic E-state index is 5.51. The highest BCUT2D eigenvalue weighted by Gasteiger charge is 2.08. The standard InChI is InChI=1S/C9H20O2Si/c1-7(2)10-9(5-6-12)11-8(3)4/h5-9H,1-4,12H3. The molecule has 2 nitrogen and oxygen atoms in total. The minimum absolute atomic E-state index is 0.164. The zero-order valence-electron chi connectivity index (χ0n) is 8.70. The zero-order valence-corrected chi connectivity index (χ0v) is 10.7. The van der Waals surface area contributed by atoms with E-state index in [9.17, 15) is 0 Å². The van der Waals surface area contributed by atoms with Crippen molar-refractivity contribution >= 4 is 10.2 Å². The topological polar surface area (TPSA) is 18.5 Å². The van der Waals surface area contributed by atoms with Crippen LogP contribution < -0.4 is 0 Å². The van der Waals surface area contributed by atoms with Crippen molar-refractivity contribution in [3.8, 4) is 0 Å². The quantitative estimate of drug-likeness (QED) is 0.474. The Hall–Kier alpha value is -0.123. The summed E-state index contributed by atoms with van der Waals surface area (Å²) in [5, 5.41) is 0. The van der Waals surface area contributed by atoms with E-state index in [1.165, 1.54) is 0 Å². The SMILES string of the molecule is CC(C)OC(C=C[SiH3])OC(C)C. The van der Waals surface area contributed by atoms with Crippen LogP contribution in [0.4, 0.5) is 0 Å². The van der Waals surface area contributed by atoms with Crippen LogP contribution in [0, 0.1) is 0 Å². The first-order valence-corrected chi connectivity index (χ1v) is 5.65. The van der Waals surface area contributed by atoms with Crippen molar-refractivity contribution in [1.29, 1.82) is 0 Å². The Morgan fingerprint density at radius 2 is 1.42 bits per heavy atom. The van der Waals surface area contributed by atoms with Gasteiger partial charge in [-0.25, -0.2) is 0 Å². The molecule has 12 heavy (non-hydrogen) atoms. The fourth-order valence-electron chi connectivity index (χ4n) is 0.816. The van der Waals surface area contributed by atoms with Crippen molar-refractivity contribution in [2.45, 2.75) is 46.2 Å². The van der Waals surface area contributed by atoms with Gasteiger partial charge < -0.3 is 9.47 Å². The van der Waals surface area contributed by atoms with Crippen LogP contribution in [0.2, 0.25) is 0 Å². The highest BCUT2D eigenvalue weighted by atomic mass is 28.1. The first kappa shape index (κ1) is 11.9. The largest absolute Gasteiger partial charge is 0.346 e. The summed E-state index contributed by atoms with van der Waals surface area (Å²) in [6, 6.07) is 0. The van der Waals surface area contributed by atoms with Crippen molar-refractivity contribution in [2.75, 3.05) is 0 Å². The molecule has 0 atom stereocenters. The molecule has 0 heterocycles. The number of rotatable bonds is 5. The van der Waals surface area contributed by atoms with E-state index >= 15 is 0 Å². The van der Waals surface area contributed by atoms with Crippen LogP contribution in [0.15, 0.2) is 11.8 Å². The third-order valence-electron chi connectivity index (χ3n) is 1.16. The highest BCUT2D eigenvalue weighted by Crippen LogP contribution is 2.04. The third kappa shape index (κ3) is 6.58. The van der Waals surface area contributed by atoms with Crippen LogP contribution >= 0.6 is 0 Å². The number of hydrogen-bond donors (Lipinski definition) is 0. The van der Waals surface area contributed by atoms with Gasteiger partial charge in [0.15, 0.2) is 6.29 Å². The van der Waals surface area contributed by atoms with Crippen molar-refractivity contribution in [3.05, 3.63) is 11.8 Å². The summed E-state index contributed by atoms with van der Waals surface area (Å²) in [6.07, 6.45) is 2.24. The van der Waals surface area contributed by atoms with Gasteiger partial charge in [-0.3, -0.25) is 0 Å². The maximum atomic E-state index is 5.51. The normalized spacial score (nSPS) is 12.9. The minimum Gasteiger partial charge on any atom is -0.346 e. The molecular weight excluding hydrogens is 168 g/mol. The second-order valence-corrected chi connectivity index (χ2v) is 3.93. The van der Waals surface area contributed by atoms with Gasteiger partial charge in [-0.2, -0.15) is 0 Å². The summed E-state index contributed by atoms with van der Waals surface area (Å²) in [7, 11) is 1.05. The van der Waals surface area contributed by atoms with Gasteiger partial charge in [0.25, 0.3) is 0 Å². The van der Waals surface area contributed by atoms with E-state index < -0.39 is 0 Å². The summed E-state index contributed by atoms with van der Waals surface area (Å²) < 4.78 is 11.0. The monoisotopic (exact) mass is 188 g/mol. The molecule has 0 aromatic carbocycles. The van der Waals surface area contributed by atoms with E-state index in [1.807, 2.05) is 33.8 Å². The summed E-state index contributed by atoms with van der Waals surface area (Å²) >= 11 is 0. The molecule has 0 N–H and O–H groups in total. The van der Waals surface area contributed by atoms with Gasteiger partial charge in [0.2, 0.25) is 0 Å². The fraction of sp³-hybridized carbons (Fsp3) is 0.778. The van der Waals surface area contributed by atoms with Crippen molar-refractivity contribution < 1.29 is 9.47 Å². The van der Waals surface area contributed by atoms with E-state index in [0.717, 1.165) is 10.2 Å². The average molecular weight is 188 g/mol. The van der Waals surface area contributed by atoms with E-state index in [4.69, 9.17) is 9.47 Å². The van der Waals surface area contributed by atoms with Gasteiger partial charge in [0.05, 0.1) is 12.2 Å². The molecule has 0 aliphatic carbocycles. The lowest BCUT2D eigenvalue weighted by Gasteiger charge is -2.19. The molecule has 0 aromatic heterocycles. The van der Waals surface area contributed by atoms with Gasteiger partial charge in [-0.05, 0) is 33.8 Å². The molecule has 0 rings (SSSR count). The Balaban J connectivity index is 3.86. The molecular formula is C9H20O2Si. The minimum atomic E-state index is -0.164. The Kier molecular flexibility index (Phi) is 6.33. The van der Waals surface area contributed by atoms with Crippen LogP contribution in [0.25, 0.3) is 0 Å². The van der Waals surface area contributed by atoms with Gasteiger partial charge >= 0.3 is 0 Å². The maximum Gasteiger partial charge on any atom is 0.176 e. The van der Waals surface area contributed by atoms with Gasteiger partial charge in [0.1, 0.15) is 0 Å². The van der Waals surface area contributed by atoms with Crippen LogP contribution in [0.5, 0.6) is 0 Å². The van der Waals surface area contributed by atoms with Crippen molar-refractivity contribution in [3.63, 3.8) is 0 Å². The number of ether oxygens (including phenoxy) is 2. The smallest absolute Gasteiger partial charge is 0.176 e. The predicted octanol–water partition coefficient (Wildman–Crippen LogP) is 1.04. The molecule has 0 aromatic rings. The molecule has 72 valence electrons. The van der Waals surface area contributed by atoms with Gasteiger partial charge in [-0.1, -0.05) is 0 Å². The molecule has 0 saturated heterocycles. The molecule has 0 aliphatic rings. The summed E-state index contributed by atoms with van der Waals surface area (Å²) in [4.78, 5) is 0. The van der Waals surface area contributed by atoms with Crippen LogP contribution in [0.3, 0.4) is 0 Å². The molecule has 0 aliphatic heterocycles. The van der Waals surface area contributed by atoms with E-state index in [1.54, 1.807) is 0 Å². The summed E-state index contributed by atoms with van der Waals surface area (Å²) in [5.74, 6) is 0. The summed E-state index contributed by atoms with van der Waals surface area (Å²) in [5.41, 5.74) is 2.08. The first-order valence-electron chi connectivity index (χ1n) is 4.50. The van der Waals surface area contributed by atoms with Crippen molar-refractivity contribution in [2.24, 2.45) is 0 Å². The first-order chi connectivity index (χ1) is 5.56. The van der Waals surface area contributed by atoms with Crippen LogP contribution in [-0.4, -0.2) is 28.7 Å². The summed E-state index contributed by atoms with van der Waals surface area (Å²) in [6.45, 7) is 8.05. The number of hydrogen-bond acceptors (Lipinski definition) is 2. The van der Waals surface area contributed by atoms with E-state index in [-0.39, 0.29) is 18.5 Å². The Labute approximate surface area is 78.4 Å². The molecule has 0 spiro atoms. The van der Waals surface area contributed by atoms with E-state index in [0.29, 0.717) is 0 Å². The van der Waals surface area contributed by atoms with Gasteiger partial charge in [0, 0.05) is 10.2 Å². The molecule has 0 unspecified atom stereocenters. The lowest BCUT2D eigenvalue weighted by atomic mass is 10.4. The Morgan fingerprint density at radius 1 is 1.00 bits per heavy atom. The zero-order chi connectivity index (χ0) is 9.56. The predicted molar refractivity (Wildman–Crippen MR) is 55.3 cm³/mol. The molecule has 3 heteroatoms. The highest BCUT2D eigenvalue weighted by molar-refractivity contribution is 6.16. The molecule has 0 saturated carbocycles. The molecule has 0 bridgehead atoms. The molecule has 0 radical (unpaired) electrons. The molecule has 0 amide bonds. The Morgan fingerprint density at radius 3 is 1.67 bits per heavy atom. The fourth-order valence-corrected chi connectivity index (χ4v) is 1.13. The van der Waals surface area contributed by atoms with E-state index in [2.05, 4.69) is 5.70 Å². The van der Waals surface area contributed by atoms with Gasteiger partial charge in [-0.15, -0.1) is 5.70 Å². The Bertz CT molecular complexity index is 122. The average Bonchev–Trinajstić information content (AvgIpc) is 1.84. The van der Waals surface area contributed by atoms with Crippen LogP contribution in [-0.2, 0) is 9.47 Å². The van der Waals surface area contributed by atoms with Crippen LogP contribution in [0.1, 0.15) is 27.7 Å². The second-order valence-electron chi connectivity index (χ2n) is 3.26. The lowest BCUT2D eigenvalue weighted by molar-refractivity contribution is -0.152. The molecule has 0 fully saturated rings. The lowest BCUT2D eigenvalue weighted by Crippen LogP contribution is -2.22. The second kappa shape index (κ2) is 6.40.